The second-order valence-corrected chi connectivity index (χ2v) is 7.99. The van der Waals surface area contributed by atoms with Gasteiger partial charge in [-0.05, 0) is 40.3 Å². The van der Waals surface area contributed by atoms with Crippen molar-refractivity contribution in [2.75, 3.05) is 13.7 Å². The fourth-order valence-corrected chi connectivity index (χ4v) is 4.31. The van der Waals surface area contributed by atoms with Gasteiger partial charge in [-0.3, -0.25) is 0 Å². The summed E-state index contributed by atoms with van der Waals surface area (Å²) in [6, 6.07) is 18.7. The summed E-state index contributed by atoms with van der Waals surface area (Å²) in [5, 5.41) is 40.0. The van der Waals surface area contributed by atoms with E-state index in [9.17, 15) is 25.2 Å². The molecule has 0 radical (unpaired) electrons. The number of aliphatic hydroxyl groups is 4. The zero-order valence-electron chi connectivity index (χ0n) is 17.6. The molecule has 0 aromatic heterocycles. The van der Waals surface area contributed by atoms with Gasteiger partial charge in [-0.1, -0.05) is 54.6 Å². The Morgan fingerprint density at radius 1 is 0.969 bits per heavy atom. The van der Waals surface area contributed by atoms with Crippen LogP contribution in [0.2, 0.25) is 0 Å². The summed E-state index contributed by atoms with van der Waals surface area (Å²) in [4.78, 5) is 12.5. The minimum absolute atomic E-state index is 0.411. The number of benzene rings is 1. The average molecular weight is 438 g/mol. The first-order chi connectivity index (χ1) is 15.4. The van der Waals surface area contributed by atoms with E-state index < -0.39 is 43.1 Å². The molecule has 4 rings (SSSR count). The molecule has 1 aromatic rings. The van der Waals surface area contributed by atoms with Gasteiger partial charge < -0.3 is 29.9 Å². The number of fused-ring (bicyclic) bond motifs is 1. The smallest absolute Gasteiger partial charge is 0.338 e. The molecule has 4 N–H and O–H groups in total. The lowest BCUT2D eigenvalue weighted by Crippen LogP contribution is -2.55. The van der Waals surface area contributed by atoms with Crippen LogP contribution in [0.4, 0.5) is 0 Å². The predicted molar refractivity (Wildman–Crippen MR) is 116 cm³/mol. The molecule has 168 valence electrons. The zero-order valence-corrected chi connectivity index (χ0v) is 17.6. The molecule has 7 heteroatoms. The van der Waals surface area contributed by atoms with Gasteiger partial charge in [0, 0.05) is 0 Å². The number of ether oxygens (including phenoxy) is 2. The number of aliphatic hydroxyl groups excluding tert-OH is 4. The number of hydrogen-bond acceptors (Lipinski definition) is 7. The topological polar surface area (TPSA) is 116 Å². The van der Waals surface area contributed by atoms with Crippen LogP contribution in [0.5, 0.6) is 0 Å². The highest BCUT2D eigenvalue weighted by Gasteiger charge is 2.43. The van der Waals surface area contributed by atoms with Crippen LogP contribution in [0.3, 0.4) is 0 Å². The van der Waals surface area contributed by atoms with E-state index in [1.807, 2.05) is 48.5 Å². The monoisotopic (exact) mass is 438 g/mol. The van der Waals surface area contributed by atoms with E-state index >= 15 is 0 Å². The highest BCUT2D eigenvalue weighted by atomic mass is 16.5. The van der Waals surface area contributed by atoms with Gasteiger partial charge in [-0.25, -0.2) is 4.79 Å². The first-order valence-electron chi connectivity index (χ1n) is 10.4. The van der Waals surface area contributed by atoms with Crippen molar-refractivity contribution in [3.63, 3.8) is 0 Å². The van der Waals surface area contributed by atoms with Gasteiger partial charge in [0.1, 0.15) is 30.5 Å². The van der Waals surface area contributed by atoms with Gasteiger partial charge in [-0.2, -0.15) is 0 Å². The minimum Gasteiger partial charge on any atom is -0.465 e. The normalized spacial score (nSPS) is 25.6. The summed E-state index contributed by atoms with van der Waals surface area (Å²) >= 11 is 0. The van der Waals surface area contributed by atoms with Gasteiger partial charge in [-0.15, -0.1) is 0 Å². The Morgan fingerprint density at radius 3 is 2.50 bits per heavy atom. The van der Waals surface area contributed by atoms with E-state index in [2.05, 4.69) is 0 Å². The number of methoxy groups -OCH3 is 1. The molecule has 1 aliphatic heterocycles. The molecular weight excluding hydrogens is 412 g/mol. The lowest BCUT2D eigenvalue weighted by Gasteiger charge is -2.40. The lowest BCUT2D eigenvalue weighted by molar-refractivity contribution is -0.231. The third kappa shape index (κ3) is 4.13. The second-order valence-electron chi connectivity index (χ2n) is 7.99. The largest absolute Gasteiger partial charge is 0.465 e. The van der Waals surface area contributed by atoms with Gasteiger partial charge in [0.2, 0.25) is 0 Å². The van der Waals surface area contributed by atoms with E-state index in [0.717, 1.165) is 22.3 Å². The summed E-state index contributed by atoms with van der Waals surface area (Å²) in [7, 11) is 1.35. The van der Waals surface area contributed by atoms with Crippen molar-refractivity contribution in [3.8, 4) is 11.1 Å². The van der Waals surface area contributed by atoms with Crippen LogP contribution in [0.25, 0.3) is 11.1 Å². The molecule has 5 atom stereocenters. The summed E-state index contributed by atoms with van der Waals surface area (Å²) in [6.45, 7) is -0.485. The molecule has 7 nitrogen and oxygen atoms in total. The van der Waals surface area contributed by atoms with Gasteiger partial charge in [0.25, 0.3) is 0 Å². The van der Waals surface area contributed by atoms with Crippen LogP contribution in [0.1, 0.15) is 33.2 Å². The predicted octanol–water partition coefficient (Wildman–Crippen LogP) is 1.68. The molecule has 2 aliphatic carbocycles. The fraction of sp³-hybridized carbons (Fsp3) is 0.320. The van der Waals surface area contributed by atoms with E-state index in [-0.39, 0.29) is 0 Å². The van der Waals surface area contributed by atoms with E-state index in [4.69, 9.17) is 9.47 Å². The van der Waals surface area contributed by atoms with Gasteiger partial charge >= 0.3 is 5.97 Å². The first-order valence-corrected chi connectivity index (χ1v) is 10.4. The van der Waals surface area contributed by atoms with Crippen molar-refractivity contribution in [2.24, 2.45) is 0 Å². The van der Waals surface area contributed by atoms with Crippen molar-refractivity contribution in [1.29, 1.82) is 0 Å². The van der Waals surface area contributed by atoms with Crippen LogP contribution in [0.15, 0.2) is 60.7 Å². The van der Waals surface area contributed by atoms with Crippen LogP contribution in [-0.4, -0.2) is 64.5 Å². The maximum Gasteiger partial charge on any atom is 0.338 e. The van der Waals surface area contributed by atoms with Crippen LogP contribution in [-0.2, 0) is 15.9 Å². The Labute approximate surface area is 185 Å². The lowest BCUT2D eigenvalue weighted by atomic mass is 9.90. The Morgan fingerprint density at radius 2 is 1.75 bits per heavy atom. The van der Waals surface area contributed by atoms with Crippen molar-refractivity contribution >= 4 is 5.97 Å². The molecule has 0 unspecified atom stereocenters. The van der Waals surface area contributed by atoms with Crippen molar-refractivity contribution in [2.45, 2.75) is 36.9 Å². The Bertz CT molecular complexity index is 1060. The number of rotatable bonds is 5. The third-order valence-electron chi connectivity index (χ3n) is 5.95. The average Bonchev–Trinajstić information content (AvgIpc) is 2.97. The maximum absolute atomic E-state index is 12.5. The fourth-order valence-electron chi connectivity index (χ4n) is 4.31. The highest BCUT2D eigenvalue weighted by Crippen LogP contribution is 2.35. The summed E-state index contributed by atoms with van der Waals surface area (Å²) in [6.07, 6.45) is -5.65. The molecule has 1 aromatic carbocycles. The molecule has 1 saturated heterocycles. The summed E-state index contributed by atoms with van der Waals surface area (Å²) in [5.41, 5.74) is 4.52. The quantitative estimate of drug-likeness (QED) is 0.448. The SMILES string of the molecule is COC(=O)c1c(Cc2cccc([C@@H]3O[C@H](CO)[C@@H](O)[C@H](O)[C@H]3O)c2)cc2cccccc1-2. The Kier molecular flexibility index (Phi) is 6.55. The van der Waals surface area contributed by atoms with Crippen LogP contribution in [0, 0.1) is 0 Å². The molecular formula is C25H26O7. The van der Waals surface area contributed by atoms with Crippen LogP contribution < -0.4 is 0 Å². The number of carbonyl (C=O) groups is 1. The van der Waals surface area contributed by atoms with Crippen LogP contribution >= 0.6 is 0 Å². The maximum atomic E-state index is 12.5. The standard InChI is InChI=1S/C25H26O7/c1-31-25(30)20-17(12-15-7-3-2-4-9-18(15)20)11-14-6-5-8-16(10-14)24-23(29)22(28)21(27)19(13-26)32-24/h2-10,12,19,21-24,26-29H,11,13H2,1H3/t19-,21-,22+,23-,24+/m1/s1. The molecule has 0 spiro atoms. The van der Waals surface area contributed by atoms with E-state index in [0.29, 0.717) is 17.5 Å². The molecule has 0 saturated carbocycles. The Hall–Kier alpha value is -2.81. The molecule has 3 aliphatic rings. The van der Waals surface area contributed by atoms with Crippen molar-refractivity contribution in [3.05, 3.63) is 82.9 Å². The van der Waals surface area contributed by atoms with E-state index in [1.165, 1.54) is 7.11 Å². The minimum atomic E-state index is -1.44. The van der Waals surface area contributed by atoms with Gasteiger partial charge in [0.15, 0.2) is 0 Å². The summed E-state index contributed by atoms with van der Waals surface area (Å²) < 4.78 is 10.7. The second kappa shape index (κ2) is 9.36. The summed E-state index contributed by atoms with van der Waals surface area (Å²) in [5.74, 6) is -0.411. The van der Waals surface area contributed by atoms with Gasteiger partial charge in [0.05, 0.1) is 19.3 Å². The number of carbonyl (C=O) groups excluding carboxylic acids is 1. The first kappa shape index (κ1) is 22.4. The molecule has 0 bridgehead atoms. The molecule has 32 heavy (non-hydrogen) atoms. The van der Waals surface area contributed by atoms with Crippen molar-refractivity contribution < 1.29 is 34.7 Å². The van der Waals surface area contributed by atoms with Crippen molar-refractivity contribution in [1.82, 2.24) is 0 Å². The zero-order chi connectivity index (χ0) is 22.8. The molecule has 1 heterocycles. The number of hydrogen-bond donors (Lipinski definition) is 4. The molecule has 1 fully saturated rings. The highest BCUT2D eigenvalue weighted by molar-refractivity contribution is 6.01. The van der Waals surface area contributed by atoms with E-state index in [1.54, 1.807) is 12.1 Å². The molecule has 0 amide bonds. The third-order valence-corrected chi connectivity index (χ3v) is 5.95. The Balaban J connectivity index is 1.68. The number of esters is 1.